The predicted molar refractivity (Wildman–Crippen MR) is 96.1 cm³/mol. The Hall–Kier alpha value is -2.02. The van der Waals surface area contributed by atoms with Gasteiger partial charge in [0.1, 0.15) is 5.69 Å². The molecule has 26 heavy (non-hydrogen) atoms. The van der Waals surface area contributed by atoms with Crippen molar-refractivity contribution in [1.82, 2.24) is 9.88 Å². The number of amides is 1. The minimum Gasteiger partial charge on any atom is -0.338 e. The lowest BCUT2D eigenvalue weighted by Gasteiger charge is -2.21. The zero-order valence-corrected chi connectivity index (χ0v) is 15.1. The summed E-state index contributed by atoms with van der Waals surface area (Å²) in [5.41, 5.74) is 1.72. The summed E-state index contributed by atoms with van der Waals surface area (Å²) in [5.74, 6) is 0.524. The number of benzene rings is 1. The van der Waals surface area contributed by atoms with Crippen molar-refractivity contribution in [3.8, 4) is 0 Å². The molecule has 0 aliphatic carbocycles. The maximum absolute atomic E-state index is 12.6. The van der Waals surface area contributed by atoms with Crippen molar-refractivity contribution in [2.45, 2.75) is 24.8 Å². The summed E-state index contributed by atoms with van der Waals surface area (Å²) in [7, 11) is 0. The highest BCUT2D eigenvalue weighted by atomic mass is 32.2. The molecule has 2 heterocycles. The van der Waals surface area contributed by atoms with Gasteiger partial charge in [-0.15, -0.1) is 0 Å². The first-order chi connectivity index (χ1) is 12.4. The third kappa shape index (κ3) is 4.20. The number of aromatic nitrogens is 1. The van der Waals surface area contributed by atoms with Gasteiger partial charge < -0.3 is 4.90 Å². The minimum absolute atomic E-state index is 0.192. The molecule has 1 aromatic carbocycles. The Kier molecular flexibility index (Phi) is 5.55. The molecule has 0 spiro atoms. The lowest BCUT2D eigenvalue weighted by Crippen LogP contribution is -2.33. The molecule has 1 aromatic heterocycles. The molecular formula is C19H19F3N2OS. The highest BCUT2D eigenvalue weighted by molar-refractivity contribution is 7.99. The zero-order valence-electron chi connectivity index (χ0n) is 14.3. The number of rotatable bonds is 2. The van der Waals surface area contributed by atoms with E-state index in [1.807, 2.05) is 23.9 Å². The first kappa shape index (κ1) is 18.8. The van der Waals surface area contributed by atoms with Crippen LogP contribution in [-0.4, -0.2) is 34.6 Å². The summed E-state index contributed by atoms with van der Waals surface area (Å²) in [5, 5.41) is 0.319. The number of aryl methyl sites for hydroxylation is 1. The Morgan fingerprint density at radius 3 is 2.62 bits per heavy atom. The maximum atomic E-state index is 12.6. The molecule has 3 rings (SSSR count). The number of pyridine rings is 1. The van der Waals surface area contributed by atoms with Gasteiger partial charge in [-0.3, -0.25) is 9.78 Å². The van der Waals surface area contributed by atoms with E-state index in [2.05, 4.69) is 24.0 Å². The Morgan fingerprint density at radius 2 is 1.96 bits per heavy atom. The fraction of sp³-hybridized carbons (Fsp3) is 0.368. The van der Waals surface area contributed by atoms with Gasteiger partial charge in [-0.2, -0.15) is 24.9 Å². The van der Waals surface area contributed by atoms with Crippen molar-refractivity contribution in [1.29, 1.82) is 0 Å². The van der Waals surface area contributed by atoms with Crippen LogP contribution in [0.25, 0.3) is 0 Å². The number of hydrogen-bond acceptors (Lipinski definition) is 3. The molecule has 7 heteroatoms. The topological polar surface area (TPSA) is 33.2 Å². The second-order valence-corrected chi connectivity index (χ2v) is 7.54. The Balaban J connectivity index is 1.69. The van der Waals surface area contributed by atoms with E-state index in [9.17, 15) is 18.0 Å². The van der Waals surface area contributed by atoms with Crippen LogP contribution in [0, 0.1) is 6.92 Å². The predicted octanol–water partition coefficient (Wildman–Crippen LogP) is 4.73. The molecule has 1 amide bonds. The van der Waals surface area contributed by atoms with Crippen LogP contribution in [0.1, 0.15) is 38.8 Å². The van der Waals surface area contributed by atoms with Crippen LogP contribution < -0.4 is 0 Å². The van der Waals surface area contributed by atoms with Gasteiger partial charge in [-0.05, 0) is 36.6 Å². The molecule has 1 aliphatic heterocycles. The van der Waals surface area contributed by atoms with E-state index in [1.165, 1.54) is 17.2 Å². The number of thioether (sulfide) groups is 1. The fourth-order valence-electron chi connectivity index (χ4n) is 3.04. The van der Waals surface area contributed by atoms with Crippen LogP contribution in [0.5, 0.6) is 0 Å². The van der Waals surface area contributed by atoms with Gasteiger partial charge in [-0.1, -0.05) is 24.3 Å². The normalized spacial score (nSPS) is 18.5. The summed E-state index contributed by atoms with van der Waals surface area (Å²) >= 11 is 1.82. The number of hydrogen-bond donors (Lipinski definition) is 0. The van der Waals surface area contributed by atoms with E-state index < -0.39 is 11.9 Å². The average molecular weight is 380 g/mol. The Bertz CT molecular complexity index is 777. The molecule has 1 fully saturated rings. The minimum atomic E-state index is -4.50. The summed E-state index contributed by atoms with van der Waals surface area (Å²) < 4.78 is 37.8. The largest absolute Gasteiger partial charge is 0.433 e. The standard InChI is InChI=1S/C19H19F3N2OS/c1-13-4-2-3-5-15(13)16-8-9-24(10-11-26-16)18(25)14-6-7-17(23-12-14)19(20,21)22/h2-7,12,16H,8-11H2,1H3. The number of carbonyl (C=O) groups excluding carboxylic acids is 1. The Labute approximate surface area is 154 Å². The third-order valence-corrected chi connectivity index (χ3v) is 5.78. The van der Waals surface area contributed by atoms with Gasteiger partial charge in [0, 0.05) is 30.3 Å². The molecule has 0 N–H and O–H groups in total. The van der Waals surface area contributed by atoms with E-state index in [0.29, 0.717) is 18.3 Å². The molecule has 138 valence electrons. The summed E-state index contributed by atoms with van der Waals surface area (Å²) in [6.07, 6.45) is -2.67. The van der Waals surface area contributed by atoms with Gasteiger partial charge in [-0.25, -0.2) is 0 Å². The fourth-order valence-corrected chi connectivity index (χ4v) is 4.37. The highest BCUT2D eigenvalue weighted by Gasteiger charge is 2.32. The van der Waals surface area contributed by atoms with Crippen LogP contribution >= 0.6 is 11.8 Å². The molecule has 1 unspecified atom stereocenters. The molecule has 2 aromatic rings. The number of halogens is 3. The van der Waals surface area contributed by atoms with Crippen molar-refractivity contribution < 1.29 is 18.0 Å². The first-order valence-corrected chi connectivity index (χ1v) is 9.41. The molecule has 1 saturated heterocycles. The summed E-state index contributed by atoms with van der Waals surface area (Å²) in [6.45, 7) is 3.23. The molecular weight excluding hydrogens is 361 g/mol. The van der Waals surface area contributed by atoms with Gasteiger partial charge >= 0.3 is 6.18 Å². The monoisotopic (exact) mass is 380 g/mol. The third-order valence-electron chi connectivity index (χ3n) is 4.46. The van der Waals surface area contributed by atoms with E-state index in [0.717, 1.165) is 24.4 Å². The molecule has 3 nitrogen and oxygen atoms in total. The van der Waals surface area contributed by atoms with E-state index in [1.54, 1.807) is 4.90 Å². The quantitative estimate of drug-likeness (QED) is 0.755. The second kappa shape index (κ2) is 7.70. The van der Waals surface area contributed by atoms with Crippen LogP contribution in [0.4, 0.5) is 13.2 Å². The summed E-state index contributed by atoms with van der Waals surface area (Å²) in [4.78, 5) is 17.7. The maximum Gasteiger partial charge on any atom is 0.433 e. The van der Waals surface area contributed by atoms with Crippen LogP contribution in [0.3, 0.4) is 0 Å². The van der Waals surface area contributed by atoms with Crippen molar-refractivity contribution in [3.63, 3.8) is 0 Å². The summed E-state index contributed by atoms with van der Waals surface area (Å²) in [6, 6.07) is 10.3. The van der Waals surface area contributed by atoms with Gasteiger partial charge in [0.05, 0.1) is 5.56 Å². The second-order valence-electron chi connectivity index (χ2n) is 6.23. The zero-order chi connectivity index (χ0) is 18.7. The number of nitrogens with zero attached hydrogens (tertiary/aromatic N) is 2. The average Bonchev–Trinajstić information content (AvgIpc) is 2.87. The lowest BCUT2D eigenvalue weighted by molar-refractivity contribution is -0.141. The smallest absolute Gasteiger partial charge is 0.338 e. The van der Waals surface area contributed by atoms with Gasteiger partial charge in [0.25, 0.3) is 5.91 Å². The van der Waals surface area contributed by atoms with E-state index in [-0.39, 0.29) is 11.5 Å². The SMILES string of the molecule is Cc1ccccc1C1CCN(C(=O)c2ccc(C(F)(F)F)nc2)CCS1. The van der Waals surface area contributed by atoms with Crippen molar-refractivity contribution >= 4 is 17.7 Å². The van der Waals surface area contributed by atoms with Gasteiger partial charge in [0.2, 0.25) is 0 Å². The molecule has 0 bridgehead atoms. The molecule has 1 aliphatic rings. The lowest BCUT2D eigenvalue weighted by atomic mass is 10.0. The van der Waals surface area contributed by atoms with E-state index in [4.69, 9.17) is 0 Å². The van der Waals surface area contributed by atoms with E-state index >= 15 is 0 Å². The van der Waals surface area contributed by atoms with Crippen LogP contribution in [0.15, 0.2) is 42.6 Å². The number of alkyl halides is 3. The van der Waals surface area contributed by atoms with Crippen molar-refractivity contribution in [2.24, 2.45) is 0 Å². The number of carbonyl (C=O) groups is 1. The van der Waals surface area contributed by atoms with Crippen LogP contribution in [0.2, 0.25) is 0 Å². The van der Waals surface area contributed by atoms with Crippen LogP contribution in [-0.2, 0) is 6.18 Å². The van der Waals surface area contributed by atoms with Crippen molar-refractivity contribution in [3.05, 3.63) is 65.0 Å². The molecule has 0 saturated carbocycles. The van der Waals surface area contributed by atoms with Gasteiger partial charge in [0.15, 0.2) is 0 Å². The Morgan fingerprint density at radius 1 is 1.19 bits per heavy atom. The van der Waals surface area contributed by atoms with Crippen molar-refractivity contribution in [2.75, 3.05) is 18.8 Å². The molecule has 0 radical (unpaired) electrons. The first-order valence-electron chi connectivity index (χ1n) is 8.36. The highest BCUT2D eigenvalue weighted by Crippen LogP contribution is 2.36. The molecule has 1 atom stereocenters.